The van der Waals surface area contributed by atoms with E-state index in [1.807, 2.05) is 30.3 Å². The molecule has 24 heavy (non-hydrogen) atoms. The summed E-state index contributed by atoms with van der Waals surface area (Å²) in [6.07, 6.45) is 1.84. The number of nitrogens with two attached hydrogens (primary N) is 1. The number of unbranched alkanes of at least 4 members (excludes halogenated alkanes) is 1. The number of hydrogen-bond donors (Lipinski definition) is 3. The van der Waals surface area contributed by atoms with Crippen LogP contribution in [0.4, 0.5) is 4.79 Å². The van der Waals surface area contributed by atoms with Gasteiger partial charge in [0.2, 0.25) is 0 Å². The van der Waals surface area contributed by atoms with Gasteiger partial charge in [-0.3, -0.25) is 0 Å². The van der Waals surface area contributed by atoms with E-state index in [9.17, 15) is 9.90 Å². The van der Waals surface area contributed by atoms with Gasteiger partial charge in [0.1, 0.15) is 0 Å². The lowest BCUT2D eigenvalue weighted by Crippen LogP contribution is -2.50. The van der Waals surface area contributed by atoms with Crippen molar-refractivity contribution in [3.63, 3.8) is 0 Å². The van der Waals surface area contributed by atoms with Crippen LogP contribution in [0.5, 0.6) is 0 Å². The van der Waals surface area contributed by atoms with Crippen LogP contribution < -0.4 is 11.1 Å². The van der Waals surface area contributed by atoms with Gasteiger partial charge >= 0.3 is 6.03 Å². The number of nitrogens with zero attached hydrogens (tertiary/aromatic N) is 1. The first kappa shape index (κ1) is 20.5. The van der Waals surface area contributed by atoms with Gasteiger partial charge in [0, 0.05) is 25.7 Å². The Labute approximate surface area is 146 Å². The number of benzene rings is 1. The third kappa shape index (κ3) is 7.79. The van der Waals surface area contributed by atoms with Crippen LogP contribution in [0.3, 0.4) is 0 Å². The summed E-state index contributed by atoms with van der Waals surface area (Å²) in [5.41, 5.74) is 7.23. The van der Waals surface area contributed by atoms with E-state index in [0.717, 1.165) is 18.4 Å². The molecule has 0 saturated heterocycles. The Kier molecular flexibility index (Phi) is 9.42. The van der Waals surface area contributed by atoms with Crippen LogP contribution in [0.1, 0.15) is 39.2 Å². The summed E-state index contributed by atoms with van der Waals surface area (Å²) in [6.45, 7) is 7.73. The van der Waals surface area contributed by atoms with Crippen LogP contribution >= 0.6 is 0 Å². The zero-order valence-corrected chi connectivity index (χ0v) is 15.2. The smallest absolute Gasteiger partial charge is 0.317 e. The van der Waals surface area contributed by atoms with Crippen molar-refractivity contribution in [2.75, 3.05) is 19.6 Å². The number of urea groups is 1. The minimum absolute atomic E-state index is 0.122. The molecule has 2 amide bonds. The number of aliphatic hydroxyl groups is 1. The number of amides is 2. The lowest BCUT2D eigenvalue weighted by molar-refractivity contribution is 0.0958. The average molecular weight is 335 g/mol. The second-order valence-corrected chi connectivity index (χ2v) is 6.81. The summed E-state index contributed by atoms with van der Waals surface area (Å²) in [5.74, 6) is 0.333. The molecule has 5 heteroatoms. The maximum Gasteiger partial charge on any atom is 0.317 e. The Morgan fingerprint density at radius 1 is 1.25 bits per heavy atom. The Hall–Kier alpha value is -1.59. The maximum atomic E-state index is 12.3. The fourth-order valence-corrected chi connectivity index (χ4v) is 2.55. The monoisotopic (exact) mass is 335 g/mol. The SMILES string of the molecule is CCCCNC(=O)N(CC(C)C)C[C@H](O)[C@@H](N)Cc1ccccc1. The predicted molar refractivity (Wildman–Crippen MR) is 98.8 cm³/mol. The van der Waals surface area contributed by atoms with Crippen molar-refractivity contribution in [2.45, 2.75) is 52.2 Å². The van der Waals surface area contributed by atoms with Gasteiger partial charge in [0.15, 0.2) is 0 Å². The standard InChI is InChI=1S/C19H33N3O2/c1-4-5-11-21-19(24)22(13-15(2)3)14-18(23)17(20)12-16-9-7-6-8-10-16/h6-10,15,17-18,23H,4-5,11-14,20H2,1-3H3,(H,21,24)/t17-,18-/m0/s1. The van der Waals surface area contributed by atoms with Crippen LogP contribution in [0.25, 0.3) is 0 Å². The largest absolute Gasteiger partial charge is 0.390 e. The minimum Gasteiger partial charge on any atom is -0.390 e. The molecule has 0 heterocycles. The summed E-state index contributed by atoms with van der Waals surface area (Å²) in [5, 5.41) is 13.4. The minimum atomic E-state index is -0.749. The molecule has 5 nitrogen and oxygen atoms in total. The molecular weight excluding hydrogens is 302 g/mol. The Balaban J connectivity index is 2.58. The molecule has 4 N–H and O–H groups in total. The Morgan fingerprint density at radius 2 is 1.92 bits per heavy atom. The van der Waals surface area contributed by atoms with Gasteiger partial charge in [0.25, 0.3) is 0 Å². The van der Waals surface area contributed by atoms with Crippen molar-refractivity contribution in [2.24, 2.45) is 11.7 Å². The fourth-order valence-electron chi connectivity index (χ4n) is 2.55. The van der Waals surface area contributed by atoms with Crippen molar-refractivity contribution < 1.29 is 9.90 Å². The quantitative estimate of drug-likeness (QED) is 0.575. The first-order valence-electron chi connectivity index (χ1n) is 8.94. The van der Waals surface area contributed by atoms with Gasteiger partial charge in [-0.2, -0.15) is 0 Å². The van der Waals surface area contributed by atoms with E-state index in [0.29, 0.717) is 25.4 Å². The second kappa shape index (κ2) is 11.0. The zero-order valence-electron chi connectivity index (χ0n) is 15.2. The lowest BCUT2D eigenvalue weighted by Gasteiger charge is -2.29. The molecule has 1 aromatic rings. The number of nitrogens with one attached hydrogen (secondary N) is 1. The van der Waals surface area contributed by atoms with Crippen molar-refractivity contribution in [3.05, 3.63) is 35.9 Å². The Morgan fingerprint density at radius 3 is 2.50 bits per heavy atom. The summed E-state index contributed by atoms with van der Waals surface area (Å²) in [6, 6.07) is 9.34. The van der Waals surface area contributed by atoms with Crippen molar-refractivity contribution in [1.82, 2.24) is 10.2 Å². The van der Waals surface area contributed by atoms with E-state index < -0.39 is 12.1 Å². The summed E-state index contributed by atoms with van der Waals surface area (Å²) < 4.78 is 0. The number of aliphatic hydroxyl groups excluding tert-OH is 1. The molecule has 2 atom stereocenters. The van der Waals surface area contributed by atoms with Gasteiger partial charge in [-0.15, -0.1) is 0 Å². The van der Waals surface area contributed by atoms with Crippen molar-refractivity contribution in [3.8, 4) is 0 Å². The van der Waals surface area contributed by atoms with Crippen LogP contribution in [-0.2, 0) is 6.42 Å². The first-order chi connectivity index (χ1) is 11.4. The first-order valence-corrected chi connectivity index (χ1v) is 8.94. The molecule has 1 rings (SSSR count). The summed E-state index contributed by atoms with van der Waals surface area (Å²) in [4.78, 5) is 14.0. The molecule has 0 spiro atoms. The van der Waals surface area contributed by atoms with E-state index in [-0.39, 0.29) is 12.6 Å². The van der Waals surface area contributed by atoms with E-state index in [4.69, 9.17) is 5.73 Å². The van der Waals surface area contributed by atoms with Crippen LogP contribution in [-0.4, -0.2) is 47.8 Å². The van der Waals surface area contributed by atoms with Crippen LogP contribution in [0.15, 0.2) is 30.3 Å². The number of rotatable bonds is 10. The molecule has 0 radical (unpaired) electrons. The van der Waals surface area contributed by atoms with E-state index in [1.165, 1.54) is 0 Å². The molecule has 136 valence electrons. The normalized spacial score (nSPS) is 13.6. The highest BCUT2D eigenvalue weighted by molar-refractivity contribution is 5.74. The highest BCUT2D eigenvalue weighted by atomic mass is 16.3. The number of carbonyl (C=O) groups is 1. The number of hydrogen-bond acceptors (Lipinski definition) is 3. The maximum absolute atomic E-state index is 12.3. The van der Waals surface area contributed by atoms with Gasteiger partial charge in [0.05, 0.1) is 6.10 Å². The molecule has 0 aliphatic heterocycles. The number of carbonyl (C=O) groups excluding carboxylic acids is 1. The molecule has 1 aromatic carbocycles. The van der Waals surface area contributed by atoms with Crippen molar-refractivity contribution >= 4 is 6.03 Å². The molecule has 0 fully saturated rings. The molecule has 0 aliphatic rings. The average Bonchev–Trinajstić information content (AvgIpc) is 2.54. The molecule has 0 aromatic heterocycles. The van der Waals surface area contributed by atoms with Gasteiger partial charge in [-0.1, -0.05) is 57.5 Å². The molecule has 0 bridgehead atoms. The van der Waals surface area contributed by atoms with Crippen LogP contribution in [0, 0.1) is 5.92 Å². The van der Waals surface area contributed by atoms with E-state index in [2.05, 4.69) is 26.1 Å². The second-order valence-electron chi connectivity index (χ2n) is 6.81. The molecule has 0 unspecified atom stereocenters. The van der Waals surface area contributed by atoms with Gasteiger partial charge in [-0.25, -0.2) is 4.79 Å². The predicted octanol–water partition coefficient (Wildman–Crippen LogP) is 2.39. The van der Waals surface area contributed by atoms with Crippen molar-refractivity contribution in [1.29, 1.82) is 0 Å². The summed E-state index contributed by atoms with van der Waals surface area (Å²) in [7, 11) is 0. The molecular formula is C19H33N3O2. The zero-order chi connectivity index (χ0) is 17.9. The highest BCUT2D eigenvalue weighted by Gasteiger charge is 2.22. The fraction of sp³-hybridized carbons (Fsp3) is 0.632. The highest BCUT2D eigenvalue weighted by Crippen LogP contribution is 2.08. The topological polar surface area (TPSA) is 78.6 Å². The van der Waals surface area contributed by atoms with Gasteiger partial charge in [-0.05, 0) is 24.3 Å². The lowest BCUT2D eigenvalue weighted by atomic mass is 10.0. The third-order valence-electron chi connectivity index (χ3n) is 3.90. The molecule has 0 saturated carbocycles. The summed E-state index contributed by atoms with van der Waals surface area (Å²) >= 11 is 0. The van der Waals surface area contributed by atoms with E-state index >= 15 is 0 Å². The van der Waals surface area contributed by atoms with Crippen LogP contribution in [0.2, 0.25) is 0 Å². The van der Waals surface area contributed by atoms with Gasteiger partial charge < -0.3 is 21.1 Å². The third-order valence-corrected chi connectivity index (χ3v) is 3.90. The van der Waals surface area contributed by atoms with E-state index in [1.54, 1.807) is 4.90 Å². The molecule has 0 aliphatic carbocycles. The Bertz CT molecular complexity index is 465.